The van der Waals surface area contributed by atoms with Crippen LogP contribution in [0.3, 0.4) is 0 Å². The van der Waals surface area contributed by atoms with Crippen molar-refractivity contribution in [3.63, 3.8) is 0 Å². The van der Waals surface area contributed by atoms with E-state index in [-0.39, 0.29) is 30.1 Å². The predicted octanol–water partition coefficient (Wildman–Crippen LogP) is 1.25. The zero-order chi connectivity index (χ0) is 17.5. The van der Waals surface area contributed by atoms with Gasteiger partial charge in [0, 0.05) is 44.8 Å². The quantitative estimate of drug-likeness (QED) is 0.792. The van der Waals surface area contributed by atoms with Gasteiger partial charge in [0.05, 0.1) is 6.04 Å². The van der Waals surface area contributed by atoms with Gasteiger partial charge >= 0.3 is 0 Å². The van der Waals surface area contributed by atoms with Gasteiger partial charge in [0.2, 0.25) is 11.8 Å². The Morgan fingerprint density at radius 3 is 2.28 bits per heavy atom. The topological polar surface area (TPSA) is 78.7 Å². The minimum Gasteiger partial charge on any atom is -0.368 e. The second-order valence-electron chi connectivity index (χ2n) is 6.51. The second kappa shape index (κ2) is 10.3. The third-order valence-electron chi connectivity index (χ3n) is 4.41. The minimum absolute atomic E-state index is 0. The molecule has 1 aliphatic heterocycles. The molecule has 1 atom stereocenters. The molecule has 6 nitrogen and oxygen atoms in total. The molecule has 3 N–H and O–H groups in total. The van der Waals surface area contributed by atoms with Crippen LogP contribution in [0.15, 0.2) is 30.3 Å². The Balaban J connectivity index is 0.00000312. The molecule has 2 rings (SSSR count). The summed E-state index contributed by atoms with van der Waals surface area (Å²) in [6, 6.07) is 9.71. The number of anilines is 1. The number of benzene rings is 1. The van der Waals surface area contributed by atoms with E-state index < -0.39 is 6.04 Å². The third-order valence-corrected chi connectivity index (χ3v) is 4.41. The monoisotopic (exact) mass is 368 g/mol. The lowest BCUT2D eigenvalue weighted by molar-refractivity contribution is -0.131. The van der Waals surface area contributed by atoms with Crippen LogP contribution >= 0.6 is 12.4 Å². The smallest absolute Gasteiger partial charge is 0.237 e. The summed E-state index contributed by atoms with van der Waals surface area (Å²) in [5.74, 6) is -0.0143. The average molecular weight is 369 g/mol. The fourth-order valence-electron chi connectivity index (χ4n) is 2.72. The molecule has 1 aromatic rings. The fraction of sp³-hybridized carbons (Fsp3) is 0.556. The van der Waals surface area contributed by atoms with Crippen LogP contribution in [0.2, 0.25) is 0 Å². The number of hydrogen-bond donors (Lipinski definition) is 2. The third kappa shape index (κ3) is 6.21. The van der Waals surface area contributed by atoms with Crippen LogP contribution in [0.4, 0.5) is 5.69 Å². The number of para-hydroxylation sites is 1. The van der Waals surface area contributed by atoms with E-state index in [0.29, 0.717) is 26.1 Å². The van der Waals surface area contributed by atoms with Gasteiger partial charge in [0.15, 0.2) is 0 Å². The molecule has 2 amide bonds. The van der Waals surface area contributed by atoms with Gasteiger partial charge in [-0.2, -0.15) is 0 Å². The fourth-order valence-corrected chi connectivity index (χ4v) is 2.72. The molecule has 1 fully saturated rings. The van der Waals surface area contributed by atoms with Gasteiger partial charge in [0.1, 0.15) is 0 Å². The van der Waals surface area contributed by atoms with Gasteiger partial charge in [-0.3, -0.25) is 9.59 Å². The molecule has 0 aromatic heterocycles. The number of piperazine rings is 1. The summed E-state index contributed by atoms with van der Waals surface area (Å²) in [6.07, 6.45) is 0.321. The first-order chi connectivity index (χ1) is 11.5. The maximum atomic E-state index is 12.3. The number of nitrogens with zero attached hydrogens (tertiary/aromatic N) is 2. The van der Waals surface area contributed by atoms with Crippen molar-refractivity contribution in [2.45, 2.75) is 26.3 Å². The highest BCUT2D eigenvalue weighted by Crippen LogP contribution is 2.15. The van der Waals surface area contributed by atoms with Crippen LogP contribution in [0, 0.1) is 5.92 Å². The van der Waals surface area contributed by atoms with Gasteiger partial charge in [-0.05, 0) is 18.1 Å². The van der Waals surface area contributed by atoms with Gasteiger partial charge in [0.25, 0.3) is 0 Å². The number of nitrogens with two attached hydrogens (primary N) is 1. The van der Waals surface area contributed by atoms with E-state index in [9.17, 15) is 9.59 Å². The SMILES string of the molecule is CC(C)[C@H](N)C(=O)NCCC(=O)N1CCN(c2ccccc2)CC1.Cl. The van der Waals surface area contributed by atoms with Crippen LogP contribution in [-0.2, 0) is 9.59 Å². The normalized spacial score (nSPS) is 15.5. The summed E-state index contributed by atoms with van der Waals surface area (Å²) in [5, 5.41) is 2.75. The zero-order valence-electron chi connectivity index (χ0n) is 15.0. The van der Waals surface area contributed by atoms with Crippen molar-refractivity contribution in [3.8, 4) is 0 Å². The van der Waals surface area contributed by atoms with E-state index in [4.69, 9.17) is 5.73 Å². The minimum atomic E-state index is -0.519. The summed E-state index contributed by atoms with van der Waals surface area (Å²) in [4.78, 5) is 28.2. The predicted molar refractivity (Wildman–Crippen MR) is 103 cm³/mol. The molecular weight excluding hydrogens is 340 g/mol. The van der Waals surface area contributed by atoms with Crippen molar-refractivity contribution in [2.75, 3.05) is 37.6 Å². The van der Waals surface area contributed by atoms with Gasteiger partial charge < -0.3 is 20.9 Å². The highest BCUT2D eigenvalue weighted by molar-refractivity contribution is 5.85. The summed E-state index contributed by atoms with van der Waals surface area (Å²) < 4.78 is 0. The maximum Gasteiger partial charge on any atom is 0.237 e. The Morgan fingerprint density at radius 2 is 1.72 bits per heavy atom. The summed E-state index contributed by atoms with van der Waals surface area (Å²) in [6.45, 7) is 7.25. The van der Waals surface area contributed by atoms with Crippen LogP contribution < -0.4 is 16.0 Å². The Hall–Kier alpha value is -1.79. The zero-order valence-corrected chi connectivity index (χ0v) is 15.8. The number of rotatable bonds is 6. The average Bonchev–Trinajstić information content (AvgIpc) is 2.61. The van der Waals surface area contributed by atoms with Crippen molar-refractivity contribution >= 4 is 29.9 Å². The molecule has 1 aromatic carbocycles. The van der Waals surface area contributed by atoms with Gasteiger partial charge in [-0.1, -0.05) is 32.0 Å². The molecule has 0 radical (unpaired) electrons. The molecule has 0 saturated carbocycles. The lowest BCUT2D eigenvalue weighted by Gasteiger charge is -2.36. The van der Waals surface area contributed by atoms with Crippen molar-refractivity contribution in [1.29, 1.82) is 0 Å². The molecule has 140 valence electrons. The highest BCUT2D eigenvalue weighted by Gasteiger charge is 2.22. The van der Waals surface area contributed by atoms with Crippen LogP contribution in [0.5, 0.6) is 0 Å². The Morgan fingerprint density at radius 1 is 1.12 bits per heavy atom. The first-order valence-electron chi connectivity index (χ1n) is 8.60. The first-order valence-corrected chi connectivity index (χ1v) is 8.60. The number of hydrogen-bond acceptors (Lipinski definition) is 4. The van der Waals surface area contributed by atoms with E-state index in [1.807, 2.05) is 36.9 Å². The number of nitrogens with one attached hydrogen (secondary N) is 1. The molecule has 1 aliphatic rings. The second-order valence-corrected chi connectivity index (χ2v) is 6.51. The molecule has 7 heteroatoms. The van der Waals surface area contributed by atoms with E-state index in [1.54, 1.807) is 0 Å². The van der Waals surface area contributed by atoms with Crippen molar-refractivity contribution in [1.82, 2.24) is 10.2 Å². The summed E-state index contributed by atoms with van der Waals surface area (Å²) >= 11 is 0. The lowest BCUT2D eigenvalue weighted by atomic mass is 10.1. The van der Waals surface area contributed by atoms with Gasteiger partial charge in [-0.25, -0.2) is 0 Å². The Kier molecular flexibility index (Phi) is 8.72. The number of carbonyl (C=O) groups is 2. The van der Waals surface area contributed by atoms with Crippen molar-refractivity contribution in [3.05, 3.63) is 30.3 Å². The van der Waals surface area contributed by atoms with E-state index in [0.717, 1.165) is 13.1 Å². The number of amides is 2. The maximum absolute atomic E-state index is 12.3. The Bertz CT molecular complexity index is 545. The highest BCUT2D eigenvalue weighted by atomic mass is 35.5. The van der Waals surface area contributed by atoms with E-state index in [2.05, 4.69) is 22.3 Å². The molecule has 0 spiro atoms. The molecule has 1 heterocycles. The Labute approximate surface area is 156 Å². The molecular formula is C18H29ClN4O2. The van der Waals surface area contributed by atoms with E-state index in [1.165, 1.54) is 5.69 Å². The van der Waals surface area contributed by atoms with Crippen LogP contribution in [0.25, 0.3) is 0 Å². The standard InChI is InChI=1S/C18H28N4O2.ClH/c1-14(2)17(19)18(24)20-9-8-16(23)22-12-10-21(11-13-22)15-6-4-3-5-7-15;/h3-7,14,17H,8-13,19H2,1-2H3,(H,20,24);1H/t17-;/m0./s1. The molecule has 0 aliphatic carbocycles. The van der Waals surface area contributed by atoms with Gasteiger partial charge in [-0.15, -0.1) is 12.4 Å². The molecule has 0 bridgehead atoms. The van der Waals surface area contributed by atoms with Crippen molar-refractivity contribution < 1.29 is 9.59 Å². The largest absolute Gasteiger partial charge is 0.368 e. The van der Waals surface area contributed by atoms with Crippen LogP contribution in [-0.4, -0.2) is 55.5 Å². The first kappa shape index (κ1) is 21.3. The number of halogens is 1. The molecule has 25 heavy (non-hydrogen) atoms. The summed E-state index contributed by atoms with van der Waals surface area (Å²) in [7, 11) is 0. The number of carbonyl (C=O) groups excluding carboxylic acids is 2. The molecule has 1 saturated heterocycles. The molecule has 0 unspecified atom stereocenters. The van der Waals surface area contributed by atoms with E-state index >= 15 is 0 Å². The lowest BCUT2D eigenvalue weighted by Crippen LogP contribution is -2.50. The summed E-state index contributed by atoms with van der Waals surface area (Å²) in [5.41, 5.74) is 6.97. The van der Waals surface area contributed by atoms with Crippen LogP contribution in [0.1, 0.15) is 20.3 Å². The van der Waals surface area contributed by atoms with Crippen molar-refractivity contribution in [2.24, 2.45) is 11.7 Å².